The van der Waals surface area contributed by atoms with Crippen LogP contribution in [-0.2, 0) is 11.8 Å². The van der Waals surface area contributed by atoms with E-state index in [1.54, 1.807) is 11.1 Å². The molecule has 0 saturated heterocycles. The minimum absolute atomic E-state index is 0.464. The minimum Gasteiger partial charge on any atom is -0.0645 e. The van der Waals surface area contributed by atoms with Crippen LogP contribution in [0, 0.1) is 18.3 Å². The van der Waals surface area contributed by atoms with Gasteiger partial charge in [-0.25, -0.2) is 0 Å². The molecular formula is C18H26. The van der Waals surface area contributed by atoms with Gasteiger partial charge in [-0.3, -0.25) is 0 Å². The molecule has 0 bridgehead atoms. The molecule has 0 nitrogen and oxygen atoms in total. The number of fused-ring (bicyclic) bond motifs is 3. The lowest BCUT2D eigenvalue weighted by Gasteiger charge is -2.52. The normalized spacial score (nSPS) is 38.3. The van der Waals surface area contributed by atoms with Gasteiger partial charge in [0.15, 0.2) is 0 Å². The highest BCUT2D eigenvalue weighted by molar-refractivity contribution is 5.43. The maximum absolute atomic E-state index is 2.57. The van der Waals surface area contributed by atoms with Gasteiger partial charge in [0.2, 0.25) is 0 Å². The predicted octanol–water partition coefficient (Wildman–Crippen LogP) is 5.03. The average molecular weight is 242 g/mol. The zero-order valence-corrected chi connectivity index (χ0v) is 12.3. The Balaban J connectivity index is 2.25. The van der Waals surface area contributed by atoms with Gasteiger partial charge < -0.3 is 0 Å². The van der Waals surface area contributed by atoms with E-state index in [0.29, 0.717) is 10.8 Å². The van der Waals surface area contributed by atoms with Crippen molar-refractivity contribution >= 4 is 0 Å². The second kappa shape index (κ2) is 3.85. The van der Waals surface area contributed by atoms with Gasteiger partial charge in [0.05, 0.1) is 0 Å². The summed E-state index contributed by atoms with van der Waals surface area (Å²) in [5.74, 6) is 0.829. The van der Waals surface area contributed by atoms with Gasteiger partial charge in [-0.05, 0) is 55.1 Å². The lowest BCUT2D eigenvalue weighted by atomic mass is 9.51. The Kier molecular flexibility index (Phi) is 2.63. The molecule has 3 atom stereocenters. The van der Waals surface area contributed by atoms with Crippen molar-refractivity contribution in [2.45, 2.75) is 65.2 Å². The fraction of sp³-hybridized carbons (Fsp3) is 0.667. The molecule has 0 heteroatoms. The van der Waals surface area contributed by atoms with Crippen molar-refractivity contribution in [2.75, 3.05) is 0 Å². The fourth-order valence-corrected chi connectivity index (χ4v) is 5.08. The van der Waals surface area contributed by atoms with E-state index in [2.05, 4.69) is 45.9 Å². The lowest BCUT2D eigenvalue weighted by Crippen LogP contribution is -2.47. The summed E-state index contributed by atoms with van der Waals surface area (Å²) in [6.07, 6.45) is 6.84. The number of hydrogen-bond acceptors (Lipinski definition) is 0. The molecule has 0 aromatic heterocycles. The van der Waals surface area contributed by atoms with E-state index in [1.807, 2.05) is 0 Å². The van der Waals surface area contributed by atoms with E-state index < -0.39 is 0 Å². The zero-order chi connectivity index (χ0) is 13.0. The molecule has 0 aliphatic heterocycles. The summed E-state index contributed by atoms with van der Waals surface area (Å²) in [6.45, 7) is 9.71. The van der Waals surface area contributed by atoms with Crippen molar-refractivity contribution in [3.05, 3.63) is 34.9 Å². The molecule has 0 amide bonds. The zero-order valence-electron chi connectivity index (χ0n) is 12.3. The van der Waals surface area contributed by atoms with Crippen LogP contribution in [0.2, 0.25) is 0 Å². The highest BCUT2D eigenvalue weighted by Gasteiger charge is 2.56. The van der Waals surface area contributed by atoms with Gasteiger partial charge in [-0.2, -0.15) is 0 Å². The maximum atomic E-state index is 2.57. The summed E-state index contributed by atoms with van der Waals surface area (Å²) in [5.41, 5.74) is 5.76. The van der Waals surface area contributed by atoms with E-state index in [1.165, 1.54) is 37.7 Å². The Morgan fingerprint density at radius 2 is 2.06 bits per heavy atom. The van der Waals surface area contributed by atoms with Crippen molar-refractivity contribution in [1.29, 1.82) is 0 Å². The van der Waals surface area contributed by atoms with Gasteiger partial charge in [0, 0.05) is 5.41 Å². The number of benzene rings is 1. The highest BCUT2D eigenvalue weighted by atomic mass is 14.6. The van der Waals surface area contributed by atoms with Crippen LogP contribution in [-0.4, -0.2) is 0 Å². The molecule has 1 aromatic carbocycles. The van der Waals surface area contributed by atoms with Crippen LogP contribution in [0.25, 0.3) is 0 Å². The van der Waals surface area contributed by atoms with Crippen LogP contribution in [0.3, 0.4) is 0 Å². The van der Waals surface area contributed by atoms with Crippen LogP contribution >= 0.6 is 0 Å². The van der Waals surface area contributed by atoms with Crippen LogP contribution in [0.1, 0.15) is 63.1 Å². The van der Waals surface area contributed by atoms with Crippen molar-refractivity contribution < 1.29 is 0 Å². The first-order valence-electron chi connectivity index (χ1n) is 7.63. The number of hydrogen-bond donors (Lipinski definition) is 0. The fourth-order valence-electron chi connectivity index (χ4n) is 5.08. The molecule has 0 radical (unpaired) electrons. The SMILES string of the molecule is CCC12CCCC1(C)C(C)Cc1ccc(C)cc12. The van der Waals surface area contributed by atoms with Gasteiger partial charge in [-0.1, -0.05) is 51.0 Å². The molecular weight excluding hydrogens is 216 g/mol. The quantitative estimate of drug-likeness (QED) is 0.648. The lowest BCUT2D eigenvalue weighted by molar-refractivity contribution is 0.0786. The Bertz CT molecular complexity index is 473. The van der Waals surface area contributed by atoms with Gasteiger partial charge in [-0.15, -0.1) is 0 Å². The molecule has 2 aliphatic rings. The first kappa shape index (κ1) is 12.3. The van der Waals surface area contributed by atoms with E-state index in [0.717, 1.165) is 5.92 Å². The van der Waals surface area contributed by atoms with Crippen LogP contribution in [0.5, 0.6) is 0 Å². The smallest absolute Gasteiger partial charge is 0.000961 e. The molecule has 2 aliphatic carbocycles. The summed E-state index contributed by atoms with van der Waals surface area (Å²) in [7, 11) is 0. The molecule has 18 heavy (non-hydrogen) atoms. The summed E-state index contributed by atoms with van der Waals surface area (Å²) in [5, 5.41) is 0. The van der Waals surface area contributed by atoms with Gasteiger partial charge in [0.25, 0.3) is 0 Å². The van der Waals surface area contributed by atoms with Crippen molar-refractivity contribution in [1.82, 2.24) is 0 Å². The minimum atomic E-state index is 0.464. The molecule has 3 unspecified atom stereocenters. The Labute approximate surface area is 112 Å². The molecule has 0 N–H and O–H groups in total. The number of rotatable bonds is 1. The maximum Gasteiger partial charge on any atom is 0.000961 e. The predicted molar refractivity (Wildman–Crippen MR) is 78.0 cm³/mol. The molecule has 98 valence electrons. The van der Waals surface area contributed by atoms with E-state index in [4.69, 9.17) is 0 Å². The summed E-state index contributed by atoms with van der Waals surface area (Å²) in [6, 6.07) is 7.19. The summed E-state index contributed by atoms with van der Waals surface area (Å²) >= 11 is 0. The monoisotopic (exact) mass is 242 g/mol. The first-order valence-corrected chi connectivity index (χ1v) is 7.63. The average Bonchev–Trinajstić information content (AvgIpc) is 2.71. The molecule has 3 rings (SSSR count). The van der Waals surface area contributed by atoms with Gasteiger partial charge >= 0.3 is 0 Å². The van der Waals surface area contributed by atoms with Gasteiger partial charge in [0.1, 0.15) is 0 Å². The molecule has 1 fully saturated rings. The Hall–Kier alpha value is -0.780. The van der Waals surface area contributed by atoms with E-state index in [-0.39, 0.29) is 0 Å². The van der Waals surface area contributed by atoms with Crippen LogP contribution < -0.4 is 0 Å². The third-order valence-corrected chi connectivity index (χ3v) is 6.39. The first-order chi connectivity index (χ1) is 8.53. The van der Waals surface area contributed by atoms with E-state index in [9.17, 15) is 0 Å². The standard InChI is InChI=1S/C18H26/c1-5-18-10-6-9-17(18,4)14(3)12-15-8-7-13(2)11-16(15)18/h7-8,11,14H,5-6,9-10,12H2,1-4H3. The Morgan fingerprint density at radius 1 is 1.28 bits per heavy atom. The van der Waals surface area contributed by atoms with E-state index >= 15 is 0 Å². The number of aryl methyl sites for hydroxylation is 1. The Morgan fingerprint density at radius 3 is 2.78 bits per heavy atom. The second-order valence-electron chi connectivity index (χ2n) is 6.97. The molecule has 1 aromatic rings. The van der Waals surface area contributed by atoms with Crippen LogP contribution in [0.4, 0.5) is 0 Å². The summed E-state index contributed by atoms with van der Waals surface area (Å²) in [4.78, 5) is 0. The topological polar surface area (TPSA) is 0 Å². The summed E-state index contributed by atoms with van der Waals surface area (Å²) < 4.78 is 0. The molecule has 0 spiro atoms. The van der Waals surface area contributed by atoms with Crippen molar-refractivity contribution in [3.63, 3.8) is 0 Å². The second-order valence-corrected chi connectivity index (χ2v) is 6.97. The van der Waals surface area contributed by atoms with Crippen molar-refractivity contribution in [3.8, 4) is 0 Å². The highest BCUT2D eigenvalue weighted by Crippen LogP contribution is 2.63. The third kappa shape index (κ3) is 1.32. The van der Waals surface area contributed by atoms with Crippen molar-refractivity contribution in [2.24, 2.45) is 11.3 Å². The van der Waals surface area contributed by atoms with Crippen LogP contribution in [0.15, 0.2) is 18.2 Å². The largest absolute Gasteiger partial charge is 0.0645 e. The molecule has 1 saturated carbocycles. The molecule has 0 heterocycles. The third-order valence-electron chi connectivity index (χ3n) is 6.39.